The van der Waals surface area contributed by atoms with Crippen LogP contribution < -0.4 is 0 Å². The van der Waals surface area contributed by atoms with E-state index in [0.717, 1.165) is 5.69 Å². The minimum absolute atomic E-state index is 0.0402. The molecule has 9 heteroatoms. The van der Waals surface area contributed by atoms with Gasteiger partial charge >= 0.3 is 0 Å². The first-order chi connectivity index (χ1) is 12.3. The molecule has 1 aromatic rings. The highest BCUT2D eigenvalue weighted by Crippen LogP contribution is 2.22. The zero-order valence-electron chi connectivity index (χ0n) is 14.9. The highest BCUT2D eigenvalue weighted by Gasteiger charge is 2.37. The molecule has 2 fully saturated rings. The number of likely N-dealkylation sites (tertiary alicyclic amines) is 1. The Labute approximate surface area is 153 Å². The minimum Gasteiger partial charge on any atom is -0.341 e. The lowest BCUT2D eigenvalue weighted by atomic mass is 10.1. The number of sulfonamides is 1. The van der Waals surface area contributed by atoms with Crippen LogP contribution in [-0.2, 0) is 26.2 Å². The van der Waals surface area contributed by atoms with Crippen LogP contribution in [0.4, 0.5) is 0 Å². The van der Waals surface area contributed by atoms with Crippen molar-refractivity contribution >= 4 is 21.8 Å². The normalized spacial score (nSPS) is 22.5. The molecule has 1 aromatic heterocycles. The van der Waals surface area contributed by atoms with Crippen molar-refractivity contribution in [2.45, 2.75) is 19.4 Å². The lowest BCUT2D eigenvalue weighted by molar-refractivity contribution is -0.135. The molecule has 2 saturated heterocycles. The topological polar surface area (TPSA) is 90.9 Å². The first kappa shape index (κ1) is 18.8. The van der Waals surface area contributed by atoms with Gasteiger partial charge in [0.05, 0.1) is 24.4 Å². The third-order valence-corrected chi connectivity index (χ3v) is 6.18. The summed E-state index contributed by atoms with van der Waals surface area (Å²) in [5.41, 5.74) is 0.799. The van der Waals surface area contributed by atoms with Crippen LogP contribution in [-0.4, -0.2) is 78.3 Å². The van der Waals surface area contributed by atoms with Gasteiger partial charge in [-0.25, -0.2) is 12.7 Å². The van der Waals surface area contributed by atoms with Crippen molar-refractivity contribution in [3.8, 4) is 0 Å². The second kappa shape index (κ2) is 7.71. The minimum atomic E-state index is -3.24. The smallest absolute Gasteiger partial charge is 0.228 e. The number of carbonyl (C=O) groups excluding carboxylic acids is 2. The van der Waals surface area contributed by atoms with E-state index in [2.05, 4.69) is 4.98 Å². The van der Waals surface area contributed by atoms with E-state index < -0.39 is 10.0 Å². The molecule has 2 aliphatic rings. The molecule has 0 aliphatic carbocycles. The fraction of sp³-hybridized carbons (Fsp3) is 0.588. The van der Waals surface area contributed by atoms with Gasteiger partial charge < -0.3 is 9.80 Å². The Morgan fingerprint density at radius 2 is 2.04 bits per heavy atom. The number of nitrogens with zero attached hydrogens (tertiary/aromatic N) is 4. The van der Waals surface area contributed by atoms with Crippen LogP contribution in [0.3, 0.4) is 0 Å². The van der Waals surface area contributed by atoms with Crippen molar-refractivity contribution in [3.63, 3.8) is 0 Å². The Morgan fingerprint density at radius 1 is 1.23 bits per heavy atom. The summed E-state index contributed by atoms with van der Waals surface area (Å²) in [5, 5.41) is 0. The number of rotatable bonds is 4. The molecule has 2 aliphatic heterocycles. The molecule has 1 atom stereocenters. The summed E-state index contributed by atoms with van der Waals surface area (Å²) in [6, 6.07) is 5.55. The van der Waals surface area contributed by atoms with E-state index in [4.69, 9.17) is 0 Å². The lowest BCUT2D eigenvalue weighted by Gasteiger charge is -2.24. The lowest BCUT2D eigenvalue weighted by Crippen LogP contribution is -2.40. The van der Waals surface area contributed by atoms with Gasteiger partial charge in [-0.3, -0.25) is 14.6 Å². The maximum absolute atomic E-state index is 12.8. The van der Waals surface area contributed by atoms with E-state index >= 15 is 0 Å². The zero-order chi connectivity index (χ0) is 18.7. The SMILES string of the molecule is CS(=O)(=O)N1CCCN(C(=O)[C@@H]2CC(=O)N(Cc3ccccn3)C2)CC1. The molecule has 0 unspecified atom stereocenters. The van der Waals surface area contributed by atoms with E-state index in [9.17, 15) is 18.0 Å². The van der Waals surface area contributed by atoms with Crippen LogP contribution in [0.25, 0.3) is 0 Å². The van der Waals surface area contributed by atoms with Crippen molar-refractivity contribution in [2.75, 3.05) is 39.0 Å². The predicted octanol–water partition coefficient (Wildman–Crippen LogP) is -0.0760. The van der Waals surface area contributed by atoms with Crippen molar-refractivity contribution in [1.82, 2.24) is 19.1 Å². The largest absolute Gasteiger partial charge is 0.341 e. The fourth-order valence-electron chi connectivity index (χ4n) is 3.48. The average Bonchev–Trinajstić information content (AvgIpc) is 2.82. The van der Waals surface area contributed by atoms with Gasteiger partial charge in [-0.05, 0) is 18.6 Å². The maximum Gasteiger partial charge on any atom is 0.228 e. The van der Waals surface area contributed by atoms with Crippen LogP contribution in [0.5, 0.6) is 0 Å². The Balaban J connectivity index is 1.59. The monoisotopic (exact) mass is 380 g/mol. The van der Waals surface area contributed by atoms with Gasteiger partial charge in [0.2, 0.25) is 21.8 Å². The number of amides is 2. The number of aromatic nitrogens is 1. The average molecular weight is 380 g/mol. The standard InChI is InChI=1S/C17H24N4O4S/c1-26(24,25)21-8-4-7-19(9-10-21)17(23)14-11-16(22)20(12-14)13-15-5-2-3-6-18-15/h2-3,5-6,14H,4,7-13H2,1H3/t14-/m1/s1. The van der Waals surface area contributed by atoms with Gasteiger partial charge in [0.1, 0.15) is 0 Å². The highest BCUT2D eigenvalue weighted by atomic mass is 32.2. The van der Waals surface area contributed by atoms with Crippen LogP contribution in [0.15, 0.2) is 24.4 Å². The summed E-state index contributed by atoms with van der Waals surface area (Å²) in [6.07, 6.45) is 3.69. The molecule has 0 bridgehead atoms. The Bertz CT molecular complexity index is 768. The molecule has 8 nitrogen and oxygen atoms in total. The van der Waals surface area contributed by atoms with Gasteiger partial charge in [0, 0.05) is 45.3 Å². The molecule has 0 spiro atoms. The third-order valence-electron chi connectivity index (χ3n) is 4.88. The summed E-state index contributed by atoms with van der Waals surface area (Å²) in [4.78, 5) is 32.7. The number of hydrogen-bond acceptors (Lipinski definition) is 5. The molecule has 0 radical (unpaired) electrons. The van der Waals surface area contributed by atoms with Crippen LogP contribution in [0.1, 0.15) is 18.5 Å². The summed E-state index contributed by atoms with van der Waals surface area (Å²) in [7, 11) is -3.24. The van der Waals surface area contributed by atoms with E-state index in [1.54, 1.807) is 16.0 Å². The molecular weight excluding hydrogens is 356 g/mol. The second-order valence-electron chi connectivity index (χ2n) is 6.84. The van der Waals surface area contributed by atoms with Gasteiger partial charge in [-0.1, -0.05) is 6.07 Å². The van der Waals surface area contributed by atoms with Crippen molar-refractivity contribution in [2.24, 2.45) is 5.92 Å². The fourth-order valence-corrected chi connectivity index (χ4v) is 4.36. The summed E-state index contributed by atoms with van der Waals surface area (Å²) in [6.45, 7) is 2.43. The van der Waals surface area contributed by atoms with E-state index in [-0.39, 0.29) is 24.2 Å². The molecule has 3 rings (SSSR count). The molecule has 3 heterocycles. The maximum atomic E-state index is 12.8. The van der Waals surface area contributed by atoms with Crippen molar-refractivity contribution in [3.05, 3.63) is 30.1 Å². The van der Waals surface area contributed by atoms with E-state index in [1.165, 1.54) is 10.6 Å². The highest BCUT2D eigenvalue weighted by molar-refractivity contribution is 7.88. The van der Waals surface area contributed by atoms with Crippen LogP contribution in [0, 0.1) is 5.92 Å². The number of pyridine rings is 1. The van der Waals surface area contributed by atoms with Crippen molar-refractivity contribution in [1.29, 1.82) is 0 Å². The summed E-state index contributed by atoms with van der Waals surface area (Å²) < 4.78 is 24.8. The Hall–Kier alpha value is -2.00. The predicted molar refractivity (Wildman–Crippen MR) is 95.4 cm³/mol. The molecule has 0 N–H and O–H groups in total. The van der Waals surface area contributed by atoms with Gasteiger partial charge in [0.25, 0.3) is 0 Å². The number of hydrogen-bond donors (Lipinski definition) is 0. The van der Waals surface area contributed by atoms with Crippen LogP contribution in [0.2, 0.25) is 0 Å². The van der Waals surface area contributed by atoms with E-state index in [0.29, 0.717) is 45.7 Å². The first-order valence-corrected chi connectivity index (χ1v) is 10.6. The molecule has 26 heavy (non-hydrogen) atoms. The third kappa shape index (κ3) is 4.39. The van der Waals surface area contributed by atoms with Gasteiger partial charge in [-0.2, -0.15) is 0 Å². The van der Waals surface area contributed by atoms with E-state index in [1.807, 2.05) is 18.2 Å². The molecular formula is C17H24N4O4S. The van der Waals surface area contributed by atoms with Crippen molar-refractivity contribution < 1.29 is 18.0 Å². The molecule has 0 aromatic carbocycles. The molecule has 142 valence electrons. The zero-order valence-corrected chi connectivity index (χ0v) is 15.7. The first-order valence-electron chi connectivity index (χ1n) is 8.76. The van der Waals surface area contributed by atoms with Gasteiger partial charge in [-0.15, -0.1) is 0 Å². The molecule has 0 saturated carbocycles. The quantitative estimate of drug-likeness (QED) is 0.729. The number of carbonyl (C=O) groups is 2. The summed E-state index contributed by atoms with van der Waals surface area (Å²) >= 11 is 0. The Kier molecular flexibility index (Phi) is 5.57. The molecule has 2 amide bonds. The Morgan fingerprint density at radius 3 is 2.73 bits per heavy atom. The summed E-state index contributed by atoms with van der Waals surface area (Å²) in [5.74, 6) is -0.463. The second-order valence-corrected chi connectivity index (χ2v) is 8.82. The van der Waals surface area contributed by atoms with Crippen LogP contribution >= 0.6 is 0 Å². The van der Waals surface area contributed by atoms with Gasteiger partial charge in [0.15, 0.2) is 0 Å².